The topological polar surface area (TPSA) is 55.8 Å². The zero-order chi connectivity index (χ0) is 15.2. The number of carboxylic acids is 1. The van der Waals surface area contributed by atoms with Crippen LogP contribution in [-0.4, -0.2) is 24.3 Å². The van der Waals surface area contributed by atoms with Crippen LogP contribution < -0.4 is 9.47 Å². The van der Waals surface area contributed by atoms with Gasteiger partial charge in [0.25, 0.3) is 0 Å². The van der Waals surface area contributed by atoms with Gasteiger partial charge in [-0.1, -0.05) is 30.3 Å². The van der Waals surface area contributed by atoms with E-state index in [1.54, 1.807) is 13.2 Å². The van der Waals surface area contributed by atoms with Gasteiger partial charge >= 0.3 is 5.97 Å². The van der Waals surface area contributed by atoms with Gasteiger partial charge in [0.15, 0.2) is 6.10 Å². The van der Waals surface area contributed by atoms with Crippen molar-refractivity contribution in [3.63, 3.8) is 0 Å². The first-order valence-corrected chi connectivity index (χ1v) is 6.68. The van der Waals surface area contributed by atoms with Crippen LogP contribution in [0, 0.1) is 6.92 Å². The maximum atomic E-state index is 11.4. The van der Waals surface area contributed by atoms with Crippen LogP contribution in [0.3, 0.4) is 0 Å². The summed E-state index contributed by atoms with van der Waals surface area (Å²) in [6.45, 7) is 1.89. The molecule has 0 heterocycles. The molecule has 0 unspecified atom stereocenters. The lowest BCUT2D eigenvalue weighted by Crippen LogP contribution is -2.29. The van der Waals surface area contributed by atoms with Crippen LogP contribution in [0.2, 0.25) is 0 Å². The fraction of sp³-hybridized carbons (Fsp3) is 0.235. The van der Waals surface area contributed by atoms with E-state index in [-0.39, 0.29) is 0 Å². The van der Waals surface area contributed by atoms with Crippen molar-refractivity contribution in [3.05, 3.63) is 59.7 Å². The molecule has 0 aliphatic heterocycles. The number of ether oxygens (including phenoxy) is 2. The zero-order valence-corrected chi connectivity index (χ0v) is 12.1. The van der Waals surface area contributed by atoms with Gasteiger partial charge in [0.1, 0.15) is 11.5 Å². The second-order valence-electron chi connectivity index (χ2n) is 4.76. The van der Waals surface area contributed by atoms with Gasteiger partial charge in [-0.05, 0) is 36.2 Å². The highest BCUT2D eigenvalue weighted by atomic mass is 16.5. The third kappa shape index (κ3) is 3.99. The molecule has 2 aromatic carbocycles. The van der Waals surface area contributed by atoms with Gasteiger partial charge in [0, 0.05) is 6.42 Å². The van der Waals surface area contributed by atoms with E-state index in [0.717, 1.165) is 16.9 Å². The molecule has 0 aliphatic rings. The van der Waals surface area contributed by atoms with Crippen LogP contribution in [0.15, 0.2) is 48.5 Å². The quantitative estimate of drug-likeness (QED) is 0.886. The Morgan fingerprint density at radius 1 is 1.14 bits per heavy atom. The zero-order valence-electron chi connectivity index (χ0n) is 12.1. The Morgan fingerprint density at radius 2 is 1.81 bits per heavy atom. The van der Waals surface area contributed by atoms with Gasteiger partial charge in [-0.25, -0.2) is 4.79 Å². The highest BCUT2D eigenvalue weighted by Gasteiger charge is 2.20. The summed E-state index contributed by atoms with van der Waals surface area (Å²) < 4.78 is 10.7. The largest absolute Gasteiger partial charge is 0.497 e. The van der Waals surface area contributed by atoms with E-state index >= 15 is 0 Å². The van der Waals surface area contributed by atoms with Gasteiger partial charge < -0.3 is 14.6 Å². The Kier molecular flexibility index (Phi) is 4.82. The maximum Gasteiger partial charge on any atom is 0.345 e. The van der Waals surface area contributed by atoms with Crippen molar-refractivity contribution in [1.29, 1.82) is 0 Å². The minimum Gasteiger partial charge on any atom is -0.497 e. The molecule has 2 rings (SSSR count). The smallest absolute Gasteiger partial charge is 0.345 e. The molecule has 0 saturated heterocycles. The molecule has 0 aliphatic carbocycles. The second kappa shape index (κ2) is 6.79. The number of hydrogen-bond acceptors (Lipinski definition) is 3. The van der Waals surface area contributed by atoms with Crippen molar-refractivity contribution >= 4 is 5.97 Å². The molecule has 0 fully saturated rings. The van der Waals surface area contributed by atoms with Crippen LogP contribution in [0.5, 0.6) is 11.5 Å². The Bertz CT molecular complexity index is 604. The van der Waals surface area contributed by atoms with Gasteiger partial charge in [0.05, 0.1) is 7.11 Å². The molecule has 110 valence electrons. The number of carboxylic acid groups (broad SMARTS) is 1. The van der Waals surface area contributed by atoms with Crippen LogP contribution in [0.1, 0.15) is 11.1 Å². The molecule has 0 aromatic heterocycles. The normalized spacial score (nSPS) is 11.7. The van der Waals surface area contributed by atoms with Crippen LogP contribution in [-0.2, 0) is 11.2 Å². The summed E-state index contributed by atoms with van der Waals surface area (Å²) in [6.07, 6.45) is -0.618. The van der Waals surface area contributed by atoms with E-state index in [2.05, 4.69) is 0 Å². The van der Waals surface area contributed by atoms with Crippen molar-refractivity contribution in [1.82, 2.24) is 0 Å². The minimum absolute atomic E-state index is 0.299. The molecule has 0 radical (unpaired) electrons. The van der Waals surface area contributed by atoms with Gasteiger partial charge in [-0.2, -0.15) is 0 Å². The molecule has 4 heteroatoms. The molecule has 0 saturated carbocycles. The number of aliphatic carboxylic acids is 1. The standard InChI is InChI=1S/C17H18O4/c1-12-5-3-4-6-15(12)21-16(17(18)19)11-13-7-9-14(20-2)10-8-13/h3-10,16H,11H2,1-2H3,(H,18,19)/t16-/m0/s1. The Labute approximate surface area is 123 Å². The van der Waals surface area contributed by atoms with E-state index in [4.69, 9.17) is 9.47 Å². The average Bonchev–Trinajstić information content (AvgIpc) is 2.49. The summed E-state index contributed by atoms with van der Waals surface area (Å²) in [5.41, 5.74) is 1.80. The number of carbonyl (C=O) groups is 1. The lowest BCUT2D eigenvalue weighted by molar-refractivity contribution is -0.145. The van der Waals surface area contributed by atoms with Crippen LogP contribution in [0.25, 0.3) is 0 Å². The van der Waals surface area contributed by atoms with E-state index < -0.39 is 12.1 Å². The Balaban J connectivity index is 2.12. The van der Waals surface area contributed by atoms with E-state index in [9.17, 15) is 9.90 Å². The molecule has 1 atom stereocenters. The molecular weight excluding hydrogens is 268 g/mol. The summed E-state index contributed by atoms with van der Waals surface area (Å²) in [6, 6.07) is 14.7. The Morgan fingerprint density at radius 3 is 2.38 bits per heavy atom. The molecule has 0 amide bonds. The lowest BCUT2D eigenvalue weighted by atomic mass is 10.1. The number of para-hydroxylation sites is 1. The first kappa shape index (κ1) is 14.9. The van der Waals surface area contributed by atoms with Crippen molar-refractivity contribution in [2.24, 2.45) is 0 Å². The number of hydrogen-bond donors (Lipinski definition) is 1. The first-order chi connectivity index (χ1) is 10.1. The molecular formula is C17H18O4. The van der Waals surface area contributed by atoms with Crippen LogP contribution in [0.4, 0.5) is 0 Å². The van der Waals surface area contributed by atoms with Gasteiger partial charge in [0.2, 0.25) is 0 Å². The fourth-order valence-electron chi connectivity index (χ4n) is 2.00. The molecule has 2 aromatic rings. The molecule has 0 spiro atoms. The summed E-state index contributed by atoms with van der Waals surface area (Å²) in [7, 11) is 1.59. The number of rotatable bonds is 6. The first-order valence-electron chi connectivity index (χ1n) is 6.68. The SMILES string of the molecule is COc1ccc(C[C@H](Oc2ccccc2C)C(=O)O)cc1. The molecule has 4 nitrogen and oxygen atoms in total. The second-order valence-corrected chi connectivity index (χ2v) is 4.76. The molecule has 0 bridgehead atoms. The number of methoxy groups -OCH3 is 1. The Hall–Kier alpha value is -2.49. The van der Waals surface area contributed by atoms with Crippen molar-refractivity contribution in [3.8, 4) is 11.5 Å². The summed E-state index contributed by atoms with van der Waals surface area (Å²) in [5.74, 6) is 0.359. The summed E-state index contributed by atoms with van der Waals surface area (Å²) >= 11 is 0. The minimum atomic E-state index is -0.978. The van der Waals surface area contributed by atoms with E-state index in [0.29, 0.717) is 12.2 Å². The predicted octanol–water partition coefficient (Wildman–Crippen LogP) is 3.08. The molecule has 1 N–H and O–H groups in total. The van der Waals surface area contributed by atoms with Crippen molar-refractivity contribution < 1.29 is 19.4 Å². The number of benzene rings is 2. The summed E-state index contributed by atoms with van der Waals surface area (Å²) in [5, 5.41) is 9.34. The highest BCUT2D eigenvalue weighted by Crippen LogP contribution is 2.20. The highest BCUT2D eigenvalue weighted by molar-refractivity contribution is 5.73. The number of aryl methyl sites for hydroxylation is 1. The average molecular weight is 286 g/mol. The van der Waals surface area contributed by atoms with Gasteiger partial charge in [-0.15, -0.1) is 0 Å². The summed E-state index contributed by atoms with van der Waals surface area (Å²) in [4.78, 5) is 11.4. The maximum absolute atomic E-state index is 11.4. The van der Waals surface area contributed by atoms with Gasteiger partial charge in [-0.3, -0.25) is 0 Å². The van der Waals surface area contributed by atoms with Crippen LogP contribution >= 0.6 is 0 Å². The monoisotopic (exact) mass is 286 g/mol. The van der Waals surface area contributed by atoms with E-state index in [1.165, 1.54) is 0 Å². The lowest BCUT2D eigenvalue weighted by Gasteiger charge is -2.17. The van der Waals surface area contributed by atoms with E-state index in [1.807, 2.05) is 49.4 Å². The van der Waals surface area contributed by atoms with Crippen molar-refractivity contribution in [2.75, 3.05) is 7.11 Å². The molecule has 21 heavy (non-hydrogen) atoms. The third-order valence-corrected chi connectivity index (χ3v) is 3.22. The predicted molar refractivity (Wildman–Crippen MR) is 79.9 cm³/mol. The fourth-order valence-corrected chi connectivity index (χ4v) is 2.00. The van der Waals surface area contributed by atoms with Crippen molar-refractivity contribution in [2.45, 2.75) is 19.4 Å². The third-order valence-electron chi connectivity index (χ3n) is 3.22.